The van der Waals surface area contributed by atoms with Crippen molar-refractivity contribution in [1.82, 2.24) is 14.9 Å². The zero-order valence-corrected chi connectivity index (χ0v) is 11.3. The Morgan fingerprint density at radius 3 is 2.33 bits per heavy atom. The van der Waals surface area contributed by atoms with Crippen LogP contribution in [0.15, 0.2) is 18.5 Å². The van der Waals surface area contributed by atoms with Gasteiger partial charge in [-0.1, -0.05) is 6.92 Å². The van der Waals surface area contributed by atoms with Crippen molar-refractivity contribution in [3.8, 4) is 0 Å². The summed E-state index contributed by atoms with van der Waals surface area (Å²) < 4.78 is 0. The first-order valence-electron chi connectivity index (χ1n) is 6.68. The Labute approximate surface area is 109 Å². The Kier molecular flexibility index (Phi) is 4.49. The normalized spacial score (nSPS) is 20.7. The number of piperazine rings is 1. The molecule has 0 saturated carbocycles. The molecular formula is C13H23N5. The van der Waals surface area contributed by atoms with Gasteiger partial charge in [0, 0.05) is 44.6 Å². The number of anilines is 1. The number of nitrogens with two attached hydrogens (primary N) is 1. The second-order valence-corrected chi connectivity index (χ2v) is 5.03. The van der Waals surface area contributed by atoms with E-state index in [1.165, 1.54) is 0 Å². The number of hydrogen-bond donors (Lipinski definition) is 1. The van der Waals surface area contributed by atoms with Crippen molar-refractivity contribution in [3.05, 3.63) is 18.5 Å². The molecule has 0 bridgehead atoms. The molecule has 1 aromatic rings. The van der Waals surface area contributed by atoms with Crippen LogP contribution in [0.5, 0.6) is 0 Å². The molecule has 18 heavy (non-hydrogen) atoms. The summed E-state index contributed by atoms with van der Waals surface area (Å²) >= 11 is 0. The lowest BCUT2D eigenvalue weighted by Gasteiger charge is -2.39. The highest BCUT2D eigenvalue weighted by molar-refractivity contribution is 5.29. The van der Waals surface area contributed by atoms with Crippen LogP contribution in [0.2, 0.25) is 0 Å². The molecule has 0 aliphatic carbocycles. The zero-order chi connectivity index (χ0) is 13.0. The first-order valence-corrected chi connectivity index (χ1v) is 6.68. The summed E-state index contributed by atoms with van der Waals surface area (Å²) in [6.07, 6.45) is 3.60. The van der Waals surface area contributed by atoms with Crippen molar-refractivity contribution in [3.63, 3.8) is 0 Å². The summed E-state index contributed by atoms with van der Waals surface area (Å²) in [4.78, 5) is 13.4. The Morgan fingerprint density at radius 1 is 1.17 bits per heavy atom. The highest BCUT2D eigenvalue weighted by Crippen LogP contribution is 2.15. The largest absolute Gasteiger partial charge is 0.338 e. The first kappa shape index (κ1) is 13.2. The second kappa shape index (κ2) is 6.11. The van der Waals surface area contributed by atoms with Gasteiger partial charge in [0.2, 0.25) is 5.95 Å². The monoisotopic (exact) mass is 249 g/mol. The maximum Gasteiger partial charge on any atom is 0.225 e. The molecule has 5 nitrogen and oxygen atoms in total. The fraction of sp³-hybridized carbons (Fsp3) is 0.692. The molecule has 1 aliphatic heterocycles. The van der Waals surface area contributed by atoms with Crippen LogP contribution in [0.3, 0.4) is 0 Å². The molecule has 0 radical (unpaired) electrons. The van der Waals surface area contributed by atoms with Gasteiger partial charge in [-0.3, -0.25) is 4.90 Å². The molecular weight excluding hydrogens is 226 g/mol. The predicted octanol–water partition coefficient (Wildman–Crippen LogP) is 0.582. The summed E-state index contributed by atoms with van der Waals surface area (Å²) in [6.45, 7) is 9.34. The maximum absolute atomic E-state index is 5.74. The van der Waals surface area contributed by atoms with Crippen molar-refractivity contribution < 1.29 is 0 Å². The van der Waals surface area contributed by atoms with Gasteiger partial charge in [-0.15, -0.1) is 0 Å². The van der Waals surface area contributed by atoms with E-state index in [0.29, 0.717) is 12.0 Å². The molecule has 1 fully saturated rings. The molecule has 2 atom stereocenters. The molecule has 100 valence electrons. The third kappa shape index (κ3) is 2.97. The SMILES string of the molecule is CC(CN)C(C)N1CCN(c2ncccn2)CC1. The van der Waals surface area contributed by atoms with Gasteiger partial charge in [-0.05, 0) is 25.5 Å². The Balaban J connectivity index is 1.88. The molecule has 0 spiro atoms. The van der Waals surface area contributed by atoms with Gasteiger partial charge < -0.3 is 10.6 Å². The molecule has 1 aromatic heterocycles. The highest BCUT2D eigenvalue weighted by Gasteiger charge is 2.24. The van der Waals surface area contributed by atoms with Crippen LogP contribution in [0.1, 0.15) is 13.8 Å². The van der Waals surface area contributed by atoms with Crippen LogP contribution in [0, 0.1) is 5.92 Å². The number of hydrogen-bond acceptors (Lipinski definition) is 5. The minimum absolute atomic E-state index is 0.546. The Morgan fingerprint density at radius 2 is 1.78 bits per heavy atom. The van der Waals surface area contributed by atoms with Gasteiger partial charge in [-0.2, -0.15) is 0 Å². The van der Waals surface area contributed by atoms with E-state index in [0.717, 1.165) is 38.7 Å². The highest BCUT2D eigenvalue weighted by atomic mass is 15.3. The van der Waals surface area contributed by atoms with Crippen LogP contribution in [0.4, 0.5) is 5.95 Å². The number of rotatable bonds is 4. The van der Waals surface area contributed by atoms with E-state index >= 15 is 0 Å². The van der Waals surface area contributed by atoms with Gasteiger partial charge in [-0.25, -0.2) is 9.97 Å². The number of aromatic nitrogens is 2. The van der Waals surface area contributed by atoms with Crippen LogP contribution >= 0.6 is 0 Å². The predicted molar refractivity (Wildman–Crippen MR) is 73.5 cm³/mol. The summed E-state index contributed by atoms with van der Waals surface area (Å²) in [6, 6.07) is 2.40. The van der Waals surface area contributed by atoms with Gasteiger partial charge in [0.15, 0.2) is 0 Å². The van der Waals surface area contributed by atoms with E-state index in [2.05, 4.69) is 33.6 Å². The summed E-state index contributed by atoms with van der Waals surface area (Å²) in [7, 11) is 0. The van der Waals surface area contributed by atoms with E-state index in [9.17, 15) is 0 Å². The standard InChI is InChI=1S/C13H23N5/c1-11(10-14)12(2)17-6-8-18(9-7-17)13-15-4-3-5-16-13/h3-5,11-12H,6-10,14H2,1-2H3. The van der Waals surface area contributed by atoms with E-state index in [1.54, 1.807) is 12.4 Å². The van der Waals surface area contributed by atoms with Gasteiger partial charge >= 0.3 is 0 Å². The molecule has 2 heterocycles. The van der Waals surface area contributed by atoms with Crippen LogP contribution in [0.25, 0.3) is 0 Å². The second-order valence-electron chi connectivity index (χ2n) is 5.03. The molecule has 1 aliphatic rings. The van der Waals surface area contributed by atoms with Gasteiger partial charge in [0.05, 0.1) is 0 Å². The van der Waals surface area contributed by atoms with E-state index in [4.69, 9.17) is 5.73 Å². The van der Waals surface area contributed by atoms with Crippen molar-refractivity contribution in [2.45, 2.75) is 19.9 Å². The molecule has 0 aromatic carbocycles. The Bertz CT molecular complexity index is 348. The van der Waals surface area contributed by atoms with Crippen LogP contribution in [-0.4, -0.2) is 53.6 Å². The first-order chi connectivity index (χ1) is 8.72. The average Bonchev–Trinajstić information content (AvgIpc) is 2.47. The fourth-order valence-corrected chi connectivity index (χ4v) is 2.34. The van der Waals surface area contributed by atoms with E-state index < -0.39 is 0 Å². The molecule has 2 unspecified atom stereocenters. The summed E-state index contributed by atoms with van der Waals surface area (Å²) in [5.41, 5.74) is 5.74. The van der Waals surface area contributed by atoms with Crippen molar-refractivity contribution >= 4 is 5.95 Å². The van der Waals surface area contributed by atoms with Gasteiger partial charge in [0.25, 0.3) is 0 Å². The minimum atomic E-state index is 0.546. The van der Waals surface area contributed by atoms with Crippen LogP contribution < -0.4 is 10.6 Å². The molecule has 2 rings (SSSR count). The lowest BCUT2D eigenvalue weighted by molar-refractivity contribution is 0.154. The fourth-order valence-electron chi connectivity index (χ4n) is 2.34. The topological polar surface area (TPSA) is 58.3 Å². The van der Waals surface area contributed by atoms with Crippen molar-refractivity contribution in [2.24, 2.45) is 11.7 Å². The van der Waals surface area contributed by atoms with E-state index in [-0.39, 0.29) is 0 Å². The molecule has 0 amide bonds. The van der Waals surface area contributed by atoms with Crippen LogP contribution in [-0.2, 0) is 0 Å². The van der Waals surface area contributed by atoms with Gasteiger partial charge in [0.1, 0.15) is 0 Å². The molecule has 1 saturated heterocycles. The summed E-state index contributed by atoms with van der Waals surface area (Å²) in [5.74, 6) is 1.39. The van der Waals surface area contributed by atoms with Crippen molar-refractivity contribution in [2.75, 3.05) is 37.6 Å². The Hall–Kier alpha value is -1.20. The maximum atomic E-state index is 5.74. The lowest BCUT2D eigenvalue weighted by Crippen LogP contribution is -2.52. The lowest BCUT2D eigenvalue weighted by atomic mass is 10.0. The molecule has 2 N–H and O–H groups in total. The summed E-state index contributed by atoms with van der Waals surface area (Å²) in [5, 5.41) is 0. The third-order valence-electron chi connectivity index (χ3n) is 3.92. The number of nitrogens with zero attached hydrogens (tertiary/aromatic N) is 4. The smallest absolute Gasteiger partial charge is 0.225 e. The zero-order valence-electron chi connectivity index (χ0n) is 11.3. The quantitative estimate of drug-likeness (QED) is 0.846. The minimum Gasteiger partial charge on any atom is -0.338 e. The third-order valence-corrected chi connectivity index (χ3v) is 3.92. The van der Waals surface area contributed by atoms with E-state index in [1.807, 2.05) is 6.07 Å². The average molecular weight is 249 g/mol. The van der Waals surface area contributed by atoms with Crippen molar-refractivity contribution in [1.29, 1.82) is 0 Å². The molecule has 5 heteroatoms.